The maximum absolute atomic E-state index is 13.4. The number of fused-ring (bicyclic) bond motifs is 2. The van der Waals surface area contributed by atoms with Crippen LogP contribution in [-0.4, -0.2) is 10.1 Å². The highest BCUT2D eigenvalue weighted by Gasteiger charge is 2.09. The summed E-state index contributed by atoms with van der Waals surface area (Å²) in [6, 6.07) is 10.1. The van der Waals surface area contributed by atoms with E-state index in [2.05, 4.69) is 15.2 Å². The lowest BCUT2D eigenvalue weighted by Crippen LogP contribution is -2.06. The summed E-state index contributed by atoms with van der Waals surface area (Å²) in [7, 11) is 0. The zero-order valence-corrected chi connectivity index (χ0v) is 10.8. The number of aromatic hydroxyl groups is 1. The molecule has 5 heteroatoms. The predicted octanol–water partition coefficient (Wildman–Crippen LogP) is 2.68. The minimum atomic E-state index is -0.339. The van der Waals surface area contributed by atoms with Crippen LogP contribution in [0.3, 0.4) is 0 Å². The van der Waals surface area contributed by atoms with E-state index >= 15 is 0 Å². The minimum absolute atomic E-state index is 0.0179. The van der Waals surface area contributed by atoms with Gasteiger partial charge in [-0.05, 0) is 35.6 Å². The van der Waals surface area contributed by atoms with Crippen LogP contribution in [0.1, 0.15) is 5.56 Å². The van der Waals surface area contributed by atoms with E-state index in [0.717, 1.165) is 16.1 Å². The van der Waals surface area contributed by atoms with Crippen LogP contribution >= 0.6 is 0 Å². The Morgan fingerprint density at radius 3 is 2.95 bits per heavy atom. The van der Waals surface area contributed by atoms with Crippen LogP contribution in [0.5, 0.6) is 5.88 Å². The number of nitrogens with one attached hydrogen (secondary N) is 1. The highest BCUT2D eigenvalue weighted by Crippen LogP contribution is 2.28. The van der Waals surface area contributed by atoms with Crippen molar-refractivity contribution in [3.63, 3.8) is 0 Å². The number of azo groups is 1. The molecule has 0 spiro atoms. The van der Waals surface area contributed by atoms with Crippen molar-refractivity contribution in [3.05, 3.63) is 58.2 Å². The number of benzene rings is 2. The fraction of sp³-hybridized carbons (Fsp3) is 0. The van der Waals surface area contributed by atoms with Gasteiger partial charge in [0.25, 0.3) is 0 Å². The number of nitrogens with zero attached hydrogens (tertiary/aromatic N) is 2. The van der Waals surface area contributed by atoms with Gasteiger partial charge in [-0.1, -0.05) is 12.1 Å². The van der Waals surface area contributed by atoms with Crippen LogP contribution in [0.2, 0.25) is 0 Å². The number of H-pyrrole nitrogens is 1. The quantitative estimate of drug-likeness (QED) is 0.707. The van der Waals surface area contributed by atoms with E-state index < -0.39 is 0 Å². The summed E-state index contributed by atoms with van der Waals surface area (Å²) < 4.78 is 13.4. The molecule has 3 aromatic rings. The number of hydrogen-bond donors (Lipinski definition) is 2. The molecule has 0 amide bonds. The van der Waals surface area contributed by atoms with Gasteiger partial charge in [0.1, 0.15) is 5.82 Å². The number of aromatic nitrogens is 1. The first kappa shape index (κ1) is 11.8. The van der Waals surface area contributed by atoms with Gasteiger partial charge in [0, 0.05) is 21.7 Å². The van der Waals surface area contributed by atoms with Crippen molar-refractivity contribution < 1.29 is 9.50 Å². The van der Waals surface area contributed by atoms with Crippen molar-refractivity contribution in [2.24, 2.45) is 10.2 Å². The zero-order valence-electron chi connectivity index (χ0n) is 10.8. The van der Waals surface area contributed by atoms with Crippen molar-refractivity contribution >= 4 is 28.9 Å². The van der Waals surface area contributed by atoms with Gasteiger partial charge in [0.2, 0.25) is 0 Å². The number of rotatable bonds is 1. The standard InChI is InChI=1S/C16H10FN3O/c17-11-3-4-14-12(7-11)13(16(21)19-14)5-9-1-2-10-8-18-20-15(10)6-9/h1-8,19,21H/b9-5-. The van der Waals surface area contributed by atoms with E-state index in [-0.39, 0.29) is 11.7 Å². The van der Waals surface area contributed by atoms with Crippen molar-refractivity contribution in [2.75, 3.05) is 0 Å². The van der Waals surface area contributed by atoms with Gasteiger partial charge < -0.3 is 10.1 Å². The van der Waals surface area contributed by atoms with Crippen molar-refractivity contribution in [1.82, 2.24) is 4.98 Å². The molecule has 1 aliphatic heterocycles. The van der Waals surface area contributed by atoms with Gasteiger partial charge >= 0.3 is 0 Å². The summed E-state index contributed by atoms with van der Waals surface area (Å²) in [6.07, 6.45) is 3.49. The highest BCUT2D eigenvalue weighted by atomic mass is 19.1. The van der Waals surface area contributed by atoms with Crippen LogP contribution in [-0.2, 0) is 0 Å². The Hall–Kier alpha value is -2.95. The predicted molar refractivity (Wildman–Crippen MR) is 78.2 cm³/mol. The molecule has 0 atom stereocenters. The summed E-state index contributed by atoms with van der Waals surface area (Å²) in [6.45, 7) is 0. The third-order valence-corrected chi connectivity index (χ3v) is 3.51. The Labute approximate surface area is 118 Å². The molecule has 0 unspecified atom stereocenters. The molecule has 0 radical (unpaired) electrons. The van der Waals surface area contributed by atoms with Gasteiger partial charge in [-0.15, -0.1) is 0 Å². The molecule has 0 fully saturated rings. The van der Waals surface area contributed by atoms with Gasteiger partial charge in [-0.3, -0.25) is 0 Å². The first-order chi connectivity index (χ1) is 10.2. The van der Waals surface area contributed by atoms with Crippen LogP contribution in [0, 0.1) is 5.82 Å². The fourth-order valence-corrected chi connectivity index (χ4v) is 2.48. The molecular weight excluding hydrogens is 269 g/mol. The van der Waals surface area contributed by atoms with Crippen LogP contribution < -0.4 is 10.4 Å². The third-order valence-electron chi connectivity index (χ3n) is 3.51. The Kier molecular flexibility index (Phi) is 2.41. The van der Waals surface area contributed by atoms with Crippen LogP contribution in [0.25, 0.3) is 23.2 Å². The molecule has 0 saturated carbocycles. The summed E-state index contributed by atoms with van der Waals surface area (Å²) in [5.74, 6) is -0.321. The molecule has 2 aromatic carbocycles. The van der Waals surface area contributed by atoms with Crippen molar-refractivity contribution in [2.45, 2.75) is 0 Å². The van der Waals surface area contributed by atoms with Gasteiger partial charge in [-0.25, -0.2) is 4.39 Å². The molecule has 0 aliphatic carbocycles. The van der Waals surface area contributed by atoms with Gasteiger partial charge in [0.05, 0.1) is 11.9 Å². The van der Waals surface area contributed by atoms with E-state index in [1.807, 2.05) is 18.2 Å². The topological polar surface area (TPSA) is 60.7 Å². The van der Waals surface area contributed by atoms with Gasteiger partial charge in [-0.2, -0.15) is 10.2 Å². The molecule has 102 valence electrons. The Bertz CT molecular complexity index is 1020. The first-order valence-electron chi connectivity index (χ1n) is 6.44. The second-order valence-electron chi connectivity index (χ2n) is 4.88. The SMILES string of the molecule is Oc1[nH]c2ccc(F)cc2c1/C=c1/ccc2c(c1)N=NC=2. The molecule has 1 aliphatic rings. The van der Waals surface area contributed by atoms with Crippen LogP contribution in [0.4, 0.5) is 10.1 Å². The number of hydrogen-bond acceptors (Lipinski definition) is 3. The second kappa shape index (κ2) is 4.28. The molecule has 2 N–H and O–H groups in total. The molecule has 4 rings (SSSR count). The third kappa shape index (κ3) is 1.90. The van der Waals surface area contributed by atoms with Crippen molar-refractivity contribution in [1.29, 1.82) is 0 Å². The van der Waals surface area contributed by atoms with E-state index in [0.29, 0.717) is 16.5 Å². The first-order valence-corrected chi connectivity index (χ1v) is 6.44. The summed E-state index contributed by atoms with van der Waals surface area (Å²) >= 11 is 0. The van der Waals surface area contributed by atoms with Crippen molar-refractivity contribution in [3.8, 4) is 5.88 Å². The normalized spacial score (nSPS) is 13.7. The Morgan fingerprint density at radius 1 is 1.14 bits per heavy atom. The lowest BCUT2D eigenvalue weighted by molar-refractivity contribution is 0.457. The van der Waals surface area contributed by atoms with Crippen LogP contribution in [0.15, 0.2) is 46.6 Å². The largest absolute Gasteiger partial charge is 0.494 e. The Balaban J connectivity index is 1.97. The molecule has 21 heavy (non-hydrogen) atoms. The Morgan fingerprint density at radius 2 is 2.05 bits per heavy atom. The summed E-state index contributed by atoms with van der Waals surface area (Å²) in [4.78, 5) is 2.84. The average molecular weight is 279 g/mol. The lowest BCUT2D eigenvalue weighted by atomic mass is 10.1. The summed E-state index contributed by atoms with van der Waals surface area (Å²) in [5.41, 5.74) is 2.03. The molecule has 1 aromatic heterocycles. The highest BCUT2D eigenvalue weighted by molar-refractivity contribution is 5.91. The average Bonchev–Trinajstić information content (AvgIpc) is 3.04. The van der Waals surface area contributed by atoms with E-state index in [1.165, 1.54) is 12.1 Å². The van der Waals surface area contributed by atoms with Gasteiger partial charge in [0.15, 0.2) is 5.88 Å². The maximum atomic E-state index is 13.4. The molecular formula is C16H10FN3O. The number of halogens is 1. The zero-order chi connectivity index (χ0) is 14.4. The monoisotopic (exact) mass is 279 g/mol. The van der Waals surface area contributed by atoms with E-state index in [9.17, 15) is 9.50 Å². The number of aromatic amines is 1. The molecule has 4 nitrogen and oxygen atoms in total. The maximum Gasteiger partial charge on any atom is 0.196 e. The smallest absolute Gasteiger partial charge is 0.196 e. The van der Waals surface area contributed by atoms with E-state index in [1.54, 1.807) is 18.3 Å². The minimum Gasteiger partial charge on any atom is -0.494 e. The molecule has 0 saturated heterocycles. The molecule has 0 bridgehead atoms. The van der Waals surface area contributed by atoms with E-state index in [4.69, 9.17) is 0 Å². The second-order valence-corrected chi connectivity index (χ2v) is 4.88. The molecule has 2 heterocycles. The summed E-state index contributed by atoms with van der Waals surface area (Å²) in [5, 5.41) is 20.3. The fourth-order valence-electron chi connectivity index (χ4n) is 2.48. The lowest BCUT2D eigenvalue weighted by Gasteiger charge is -1.94.